The average molecular weight is 197 g/mol. The van der Waals surface area contributed by atoms with Gasteiger partial charge in [-0.1, -0.05) is 12.1 Å². The predicted molar refractivity (Wildman–Crippen MR) is 52.0 cm³/mol. The molecule has 1 rings (SSSR count). The van der Waals surface area contributed by atoms with Crippen LogP contribution in [0.2, 0.25) is 0 Å². The Morgan fingerprint density at radius 3 is 2.50 bits per heavy atom. The van der Waals surface area contributed by atoms with E-state index in [-0.39, 0.29) is 6.42 Å². The van der Waals surface area contributed by atoms with Gasteiger partial charge in [-0.25, -0.2) is 4.39 Å². The topological polar surface area (TPSA) is 49.3 Å². The van der Waals surface area contributed by atoms with Crippen molar-refractivity contribution in [2.75, 3.05) is 11.9 Å². The van der Waals surface area contributed by atoms with Crippen LogP contribution in [-0.2, 0) is 11.5 Å². The van der Waals surface area contributed by atoms with Gasteiger partial charge in [-0.15, -0.1) is 0 Å². The number of carbonyl (C=O) groups is 1. The van der Waals surface area contributed by atoms with E-state index in [0.29, 0.717) is 12.1 Å². The smallest absolute Gasteiger partial charge is 0.305 e. The molecule has 14 heavy (non-hydrogen) atoms. The maximum atomic E-state index is 12.1. The summed E-state index contributed by atoms with van der Waals surface area (Å²) in [5.41, 5.74) is 1.43. The molecule has 0 unspecified atom stereocenters. The molecule has 0 fully saturated rings. The highest BCUT2D eigenvalue weighted by molar-refractivity contribution is 5.67. The third kappa shape index (κ3) is 3.43. The first-order valence-electron chi connectivity index (χ1n) is 4.33. The van der Waals surface area contributed by atoms with E-state index >= 15 is 0 Å². The van der Waals surface area contributed by atoms with Crippen molar-refractivity contribution >= 4 is 11.7 Å². The minimum absolute atomic E-state index is 0.0743. The number of hydrogen-bond acceptors (Lipinski definition) is 2. The first-order valence-corrected chi connectivity index (χ1v) is 4.33. The zero-order chi connectivity index (χ0) is 10.4. The van der Waals surface area contributed by atoms with Crippen LogP contribution in [0.5, 0.6) is 0 Å². The Hall–Kier alpha value is -1.58. The molecule has 0 saturated carbocycles. The number of anilines is 1. The van der Waals surface area contributed by atoms with Crippen molar-refractivity contribution in [3.63, 3.8) is 0 Å². The molecule has 0 heterocycles. The molecule has 0 aliphatic rings. The lowest BCUT2D eigenvalue weighted by Gasteiger charge is -2.04. The molecule has 76 valence electrons. The summed E-state index contributed by atoms with van der Waals surface area (Å²) in [7, 11) is 0. The first-order chi connectivity index (χ1) is 6.72. The number of carboxylic acid groups (broad SMARTS) is 1. The van der Waals surface area contributed by atoms with Gasteiger partial charge in [-0.2, -0.15) is 0 Å². The SMILES string of the molecule is O=C(O)CCNc1ccc(CF)cc1. The number of rotatable bonds is 5. The highest BCUT2D eigenvalue weighted by Gasteiger charge is 1.96. The van der Waals surface area contributed by atoms with Crippen molar-refractivity contribution in [1.82, 2.24) is 0 Å². The van der Waals surface area contributed by atoms with E-state index in [9.17, 15) is 9.18 Å². The molecule has 0 aromatic heterocycles. The van der Waals surface area contributed by atoms with E-state index < -0.39 is 12.6 Å². The van der Waals surface area contributed by atoms with E-state index in [2.05, 4.69) is 5.32 Å². The first kappa shape index (κ1) is 10.5. The monoisotopic (exact) mass is 197 g/mol. The number of halogens is 1. The van der Waals surface area contributed by atoms with Gasteiger partial charge in [-0.05, 0) is 17.7 Å². The van der Waals surface area contributed by atoms with Gasteiger partial charge < -0.3 is 10.4 Å². The van der Waals surface area contributed by atoms with E-state index in [0.717, 1.165) is 5.69 Å². The Morgan fingerprint density at radius 2 is 2.00 bits per heavy atom. The van der Waals surface area contributed by atoms with Gasteiger partial charge in [0.05, 0.1) is 6.42 Å². The van der Waals surface area contributed by atoms with Gasteiger partial charge in [0, 0.05) is 12.2 Å². The van der Waals surface area contributed by atoms with Crippen molar-refractivity contribution in [3.05, 3.63) is 29.8 Å². The fourth-order valence-electron chi connectivity index (χ4n) is 1.03. The summed E-state index contributed by atoms with van der Waals surface area (Å²) in [6.07, 6.45) is 0.0743. The van der Waals surface area contributed by atoms with Crippen LogP contribution in [0.1, 0.15) is 12.0 Å². The maximum absolute atomic E-state index is 12.1. The van der Waals surface area contributed by atoms with Gasteiger partial charge in [-0.3, -0.25) is 4.79 Å². The largest absolute Gasteiger partial charge is 0.481 e. The molecule has 1 aromatic rings. The fourth-order valence-corrected chi connectivity index (χ4v) is 1.03. The Balaban J connectivity index is 2.40. The van der Waals surface area contributed by atoms with Gasteiger partial charge in [0.1, 0.15) is 6.67 Å². The molecule has 2 N–H and O–H groups in total. The Kier molecular flexibility index (Phi) is 3.91. The maximum Gasteiger partial charge on any atom is 0.305 e. The summed E-state index contributed by atoms with van der Waals surface area (Å²) in [5.74, 6) is -0.835. The van der Waals surface area contributed by atoms with Crippen molar-refractivity contribution < 1.29 is 14.3 Å². The van der Waals surface area contributed by atoms with Crippen molar-refractivity contribution in [2.45, 2.75) is 13.1 Å². The molecule has 0 spiro atoms. The lowest BCUT2D eigenvalue weighted by atomic mass is 10.2. The molecule has 3 nitrogen and oxygen atoms in total. The molecule has 0 amide bonds. The van der Waals surface area contributed by atoms with Crippen LogP contribution in [0.4, 0.5) is 10.1 Å². The Labute approximate surface area is 81.6 Å². The summed E-state index contributed by atoms with van der Waals surface area (Å²) in [6, 6.07) is 6.81. The number of carboxylic acids is 1. The average Bonchev–Trinajstić information content (AvgIpc) is 2.18. The molecule has 0 aliphatic heterocycles. The molecule has 0 atom stereocenters. The normalized spacial score (nSPS) is 9.79. The zero-order valence-corrected chi connectivity index (χ0v) is 7.66. The Morgan fingerprint density at radius 1 is 1.36 bits per heavy atom. The molecule has 4 heteroatoms. The number of aliphatic carboxylic acids is 1. The second-order valence-electron chi connectivity index (χ2n) is 2.90. The second-order valence-corrected chi connectivity index (χ2v) is 2.90. The lowest BCUT2D eigenvalue weighted by molar-refractivity contribution is -0.136. The molecular weight excluding hydrogens is 185 g/mol. The third-order valence-electron chi connectivity index (χ3n) is 1.78. The predicted octanol–water partition coefficient (Wildman–Crippen LogP) is 2.04. The van der Waals surface area contributed by atoms with Gasteiger partial charge in [0.2, 0.25) is 0 Å². The quantitative estimate of drug-likeness (QED) is 0.759. The number of hydrogen-bond donors (Lipinski definition) is 2. The second kappa shape index (κ2) is 5.21. The van der Waals surface area contributed by atoms with E-state index in [1.807, 2.05) is 0 Å². The highest BCUT2D eigenvalue weighted by atomic mass is 19.1. The van der Waals surface area contributed by atoms with Gasteiger partial charge in [0.25, 0.3) is 0 Å². The van der Waals surface area contributed by atoms with Crippen LogP contribution >= 0.6 is 0 Å². The van der Waals surface area contributed by atoms with Crippen LogP contribution < -0.4 is 5.32 Å². The van der Waals surface area contributed by atoms with Crippen LogP contribution in [-0.4, -0.2) is 17.6 Å². The number of alkyl halides is 1. The van der Waals surface area contributed by atoms with Gasteiger partial charge in [0.15, 0.2) is 0 Å². The van der Waals surface area contributed by atoms with Crippen LogP contribution in [0.3, 0.4) is 0 Å². The van der Waals surface area contributed by atoms with Gasteiger partial charge >= 0.3 is 5.97 Å². The van der Waals surface area contributed by atoms with Crippen molar-refractivity contribution in [2.24, 2.45) is 0 Å². The summed E-state index contributed by atoms with van der Waals surface area (Å²) >= 11 is 0. The Bertz CT molecular complexity index is 297. The molecule has 0 saturated heterocycles. The fraction of sp³-hybridized carbons (Fsp3) is 0.300. The minimum Gasteiger partial charge on any atom is -0.481 e. The lowest BCUT2D eigenvalue weighted by Crippen LogP contribution is -2.07. The highest BCUT2D eigenvalue weighted by Crippen LogP contribution is 2.09. The van der Waals surface area contributed by atoms with Crippen LogP contribution in [0, 0.1) is 0 Å². The third-order valence-corrected chi connectivity index (χ3v) is 1.78. The van der Waals surface area contributed by atoms with Crippen molar-refractivity contribution in [1.29, 1.82) is 0 Å². The summed E-state index contributed by atoms with van der Waals surface area (Å²) in [5, 5.41) is 11.3. The molecule has 0 bridgehead atoms. The number of nitrogens with one attached hydrogen (secondary N) is 1. The van der Waals surface area contributed by atoms with E-state index in [1.165, 1.54) is 0 Å². The minimum atomic E-state index is -0.835. The summed E-state index contributed by atoms with van der Waals surface area (Å²) in [4.78, 5) is 10.2. The van der Waals surface area contributed by atoms with E-state index in [1.54, 1.807) is 24.3 Å². The number of benzene rings is 1. The molecule has 0 aliphatic carbocycles. The summed E-state index contributed by atoms with van der Waals surface area (Å²) in [6.45, 7) is -0.0975. The molecule has 1 aromatic carbocycles. The molecular formula is C10H12FNO2. The molecule has 0 radical (unpaired) electrons. The standard InChI is InChI=1S/C10H12FNO2/c11-7-8-1-3-9(4-2-8)12-6-5-10(13)14/h1-4,12H,5-7H2,(H,13,14). The zero-order valence-electron chi connectivity index (χ0n) is 7.66. The van der Waals surface area contributed by atoms with E-state index in [4.69, 9.17) is 5.11 Å². The summed E-state index contributed by atoms with van der Waals surface area (Å²) < 4.78 is 12.1. The van der Waals surface area contributed by atoms with Crippen LogP contribution in [0.15, 0.2) is 24.3 Å². The van der Waals surface area contributed by atoms with Crippen molar-refractivity contribution in [3.8, 4) is 0 Å². The van der Waals surface area contributed by atoms with Crippen LogP contribution in [0.25, 0.3) is 0 Å².